The first-order valence-electron chi connectivity index (χ1n) is 6.52. The number of nitrogens with one attached hydrogen (secondary N) is 1. The summed E-state index contributed by atoms with van der Waals surface area (Å²) in [4.78, 5) is 14.9. The molecule has 94 valence electrons. The van der Waals surface area contributed by atoms with Crippen molar-refractivity contribution in [1.82, 2.24) is 4.98 Å². The van der Waals surface area contributed by atoms with Crippen LogP contribution in [0, 0.1) is 11.7 Å². The Morgan fingerprint density at radius 2 is 2.22 bits per heavy atom. The number of carbonyl (C=O) groups excluding carboxylic acids is 1. The second-order valence-electron chi connectivity index (χ2n) is 5.12. The molecular weight excluding hydrogens is 229 g/mol. The molecule has 2 aromatic rings. The van der Waals surface area contributed by atoms with Gasteiger partial charge in [-0.3, -0.25) is 4.79 Å². The van der Waals surface area contributed by atoms with Crippen molar-refractivity contribution in [3.8, 4) is 0 Å². The van der Waals surface area contributed by atoms with Gasteiger partial charge in [0.05, 0.1) is 0 Å². The molecule has 1 fully saturated rings. The molecule has 18 heavy (non-hydrogen) atoms. The van der Waals surface area contributed by atoms with Crippen LogP contribution in [0.25, 0.3) is 10.9 Å². The summed E-state index contributed by atoms with van der Waals surface area (Å²) in [6.45, 7) is 0. The first-order valence-corrected chi connectivity index (χ1v) is 6.52. The predicted molar refractivity (Wildman–Crippen MR) is 68.9 cm³/mol. The van der Waals surface area contributed by atoms with E-state index >= 15 is 0 Å². The van der Waals surface area contributed by atoms with E-state index in [0.29, 0.717) is 5.78 Å². The van der Waals surface area contributed by atoms with E-state index in [1.807, 2.05) is 6.20 Å². The van der Waals surface area contributed by atoms with Gasteiger partial charge in [0.2, 0.25) is 0 Å². The predicted octanol–water partition coefficient (Wildman–Crippen LogP) is 3.61. The van der Waals surface area contributed by atoms with Crippen molar-refractivity contribution >= 4 is 16.7 Å². The van der Waals surface area contributed by atoms with Gasteiger partial charge in [-0.1, -0.05) is 6.42 Å². The molecule has 0 amide bonds. The molecule has 0 saturated heterocycles. The molecule has 2 nitrogen and oxygen atoms in total. The highest BCUT2D eigenvalue weighted by molar-refractivity contribution is 5.85. The number of ketones is 1. The highest BCUT2D eigenvalue weighted by Gasteiger charge is 2.23. The van der Waals surface area contributed by atoms with Crippen molar-refractivity contribution in [2.45, 2.75) is 32.1 Å². The van der Waals surface area contributed by atoms with Crippen LogP contribution in [-0.4, -0.2) is 10.8 Å². The Balaban J connectivity index is 1.88. The van der Waals surface area contributed by atoms with Gasteiger partial charge in [0.1, 0.15) is 11.6 Å². The van der Waals surface area contributed by atoms with Gasteiger partial charge < -0.3 is 4.98 Å². The summed E-state index contributed by atoms with van der Waals surface area (Å²) in [5.41, 5.74) is 1.94. The highest BCUT2D eigenvalue weighted by Crippen LogP contribution is 2.27. The number of aromatic amines is 1. The zero-order valence-corrected chi connectivity index (χ0v) is 10.2. The van der Waals surface area contributed by atoms with Crippen LogP contribution >= 0.6 is 0 Å². The standard InChI is InChI=1S/C15H16FNO/c16-12-5-6-13-11(9-17-14(13)8-12)7-10-3-1-2-4-15(10)18/h5-6,8-10,17H,1-4,7H2. The molecule has 1 aliphatic rings. The summed E-state index contributed by atoms with van der Waals surface area (Å²) in [7, 11) is 0. The number of aromatic nitrogens is 1. The lowest BCUT2D eigenvalue weighted by Crippen LogP contribution is -2.20. The van der Waals surface area contributed by atoms with Crippen LogP contribution in [0.15, 0.2) is 24.4 Å². The summed E-state index contributed by atoms with van der Waals surface area (Å²) < 4.78 is 13.1. The molecule has 0 bridgehead atoms. The molecule has 1 aliphatic carbocycles. The van der Waals surface area contributed by atoms with E-state index < -0.39 is 0 Å². The zero-order chi connectivity index (χ0) is 12.5. The van der Waals surface area contributed by atoms with Crippen LogP contribution < -0.4 is 0 Å². The van der Waals surface area contributed by atoms with Gasteiger partial charge in [-0.05, 0) is 43.0 Å². The molecule has 0 aliphatic heterocycles. The molecule has 1 aromatic heterocycles. The molecular formula is C15H16FNO. The van der Waals surface area contributed by atoms with Crippen molar-refractivity contribution in [3.63, 3.8) is 0 Å². The van der Waals surface area contributed by atoms with Gasteiger partial charge in [-0.25, -0.2) is 4.39 Å². The van der Waals surface area contributed by atoms with Gasteiger partial charge >= 0.3 is 0 Å². The number of Topliss-reactive ketones (excluding diaryl/α,β-unsaturated/α-hetero) is 1. The quantitative estimate of drug-likeness (QED) is 0.861. The Hall–Kier alpha value is -1.64. The average Bonchev–Trinajstić information content (AvgIpc) is 2.74. The van der Waals surface area contributed by atoms with Gasteiger partial charge in [0, 0.05) is 29.4 Å². The third-order valence-corrected chi connectivity index (χ3v) is 3.88. The molecule has 0 spiro atoms. The van der Waals surface area contributed by atoms with Crippen LogP contribution in [0.2, 0.25) is 0 Å². The summed E-state index contributed by atoms with van der Waals surface area (Å²) in [5, 5.41) is 1.04. The Labute approximate surface area is 105 Å². The lowest BCUT2D eigenvalue weighted by atomic mass is 9.84. The Morgan fingerprint density at radius 1 is 1.33 bits per heavy atom. The monoisotopic (exact) mass is 245 g/mol. The SMILES string of the molecule is O=C1CCCCC1Cc1c[nH]c2cc(F)ccc12. The summed E-state index contributed by atoms with van der Waals surface area (Å²) in [6, 6.07) is 4.77. The number of carbonyl (C=O) groups is 1. The minimum Gasteiger partial charge on any atom is -0.361 e. The largest absolute Gasteiger partial charge is 0.361 e. The Kier molecular flexibility index (Phi) is 2.90. The first kappa shape index (κ1) is 11.5. The van der Waals surface area contributed by atoms with Crippen molar-refractivity contribution in [3.05, 3.63) is 35.8 Å². The van der Waals surface area contributed by atoms with Crippen molar-refractivity contribution in [2.75, 3.05) is 0 Å². The van der Waals surface area contributed by atoms with Crippen LogP contribution in [0.1, 0.15) is 31.2 Å². The van der Waals surface area contributed by atoms with E-state index in [1.54, 1.807) is 6.07 Å². The van der Waals surface area contributed by atoms with E-state index in [0.717, 1.165) is 48.6 Å². The first-order chi connectivity index (χ1) is 8.74. The van der Waals surface area contributed by atoms with Gasteiger partial charge in [-0.15, -0.1) is 0 Å². The van der Waals surface area contributed by atoms with E-state index in [4.69, 9.17) is 0 Å². The molecule has 1 atom stereocenters. The molecule has 1 aromatic carbocycles. The molecule has 1 unspecified atom stereocenters. The van der Waals surface area contributed by atoms with Crippen molar-refractivity contribution < 1.29 is 9.18 Å². The average molecular weight is 245 g/mol. The van der Waals surface area contributed by atoms with Crippen molar-refractivity contribution in [1.29, 1.82) is 0 Å². The maximum atomic E-state index is 13.1. The number of hydrogen-bond donors (Lipinski definition) is 1. The van der Waals surface area contributed by atoms with E-state index in [1.165, 1.54) is 12.1 Å². The molecule has 0 radical (unpaired) electrons. The van der Waals surface area contributed by atoms with Gasteiger partial charge in [0.15, 0.2) is 0 Å². The van der Waals surface area contributed by atoms with Gasteiger partial charge in [-0.2, -0.15) is 0 Å². The lowest BCUT2D eigenvalue weighted by molar-refractivity contribution is -0.124. The van der Waals surface area contributed by atoms with Crippen LogP contribution in [0.5, 0.6) is 0 Å². The smallest absolute Gasteiger partial charge is 0.136 e. The summed E-state index contributed by atoms with van der Waals surface area (Å²) in [6.07, 6.45) is 6.59. The zero-order valence-electron chi connectivity index (χ0n) is 10.2. The van der Waals surface area contributed by atoms with Crippen LogP contribution in [0.4, 0.5) is 4.39 Å². The molecule has 3 heteroatoms. The normalized spacial score (nSPS) is 20.5. The minimum atomic E-state index is -0.232. The number of benzene rings is 1. The second-order valence-corrected chi connectivity index (χ2v) is 5.12. The number of H-pyrrole nitrogens is 1. The molecule has 1 heterocycles. The fourth-order valence-corrected chi connectivity index (χ4v) is 2.86. The van der Waals surface area contributed by atoms with E-state index in [9.17, 15) is 9.18 Å². The number of hydrogen-bond acceptors (Lipinski definition) is 1. The number of halogens is 1. The maximum absolute atomic E-state index is 13.1. The highest BCUT2D eigenvalue weighted by atomic mass is 19.1. The Bertz CT molecular complexity index is 587. The second kappa shape index (κ2) is 4.56. The molecule has 1 N–H and O–H groups in total. The number of fused-ring (bicyclic) bond motifs is 1. The summed E-state index contributed by atoms with van der Waals surface area (Å²) >= 11 is 0. The van der Waals surface area contributed by atoms with Crippen LogP contribution in [-0.2, 0) is 11.2 Å². The Morgan fingerprint density at radius 3 is 3.06 bits per heavy atom. The maximum Gasteiger partial charge on any atom is 0.136 e. The molecule has 3 rings (SSSR count). The van der Waals surface area contributed by atoms with Crippen LogP contribution in [0.3, 0.4) is 0 Å². The number of rotatable bonds is 2. The van der Waals surface area contributed by atoms with E-state index in [2.05, 4.69) is 4.98 Å². The topological polar surface area (TPSA) is 32.9 Å². The third-order valence-electron chi connectivity index (χ3n) is 3.88. The molecule has 1 saturated carbocycles. The van der Waals surface area contributed by atoms with Crippen molar-refractivity contribution in [2.24, 2.45) is 5.92 Å². The third kappa shape index (κ3) is 2.05. The van der Waals surface area contributed by atoms with E-state index in [-0.39, 0.29) is 11.7 Å². The summed E-state index contributed by atoms with van der Waals surface area (Å²) in [5.74, 6) is 0.310. The minimum absolute atomic E-state index is 0.155. The van der Waals surface area contributed by atoms with Gasteiger partial charge in [0.25, 0.3) is 0 Å². The lowest BCUT2D eigenvalue weighted by Gasteiger charge is -2.19. The fourth-order valence-electron chi connectivity index (χ4n) is 2.86. The fraction of sp³-hybridized carbons (Fsp3) is 0.400.